The van der Waals surface area contributed by atoms with Gasteiger partial charge in [0.1, 0.15) is 12.5 Å². The summed E-state index contributed by atoms with van der Waals surface area (Å²) in [7, 11) is 0. The average molecular weight is 224 g/mol. The van der Waals surface area contributed by atoms with E-state index in [1.54, 1.807) is 6.92 Å². The molecule has 0 saturated carbocycles. The number of aldehydes is 1. The first kappa shape index (κ1) is 14.6. The van der Waals surface area contributed by atoms with Crippen LogP contribution in [-0.2, 0) is 14.3 Å². The Hall–Kier alpha value is -1.38. The molecule has 3 nitrogen and oxygen atoms in total. The van der Waals surface area contributed by atoms with Crippen molar-refractivity contribution >= 4 is 12.3 Å². The fourth-order valence-corrected chi connectivity index (χ4v) is 1.13. The van der Waals surface area contributed by atoms with Crippen LogP contribution in [0.2, 0.25) is 0 Å². The minimum absolute atomic E-state index is 0.326. The fourth-order valence-electron chi connectivity index (χ4n) is 1.13. The summed E-state index contributed by atoms with van der Waals surface area (Å²) in [6, 6.07) is 0. The molecular weight excluding hydrogens is 204 g/mol. The highest BCUT2D eigenvalue weighted by Gasteiger charge is 2.02. The number of carbonyl (C=O) groups excluding carboxylic acids is 2. The molecule has 0 aromatic rings. The van der Waals surface area contributed by atoms with Gasteiger partial charge in [0.05, 0.1) is 0 Å². The maximum absolute atomic E-state index is 11.1. The van der Waals surface area contributed by atoms with Gasteiger partial charge in [-0.3, -0.25) is 4.79 Å². The summed E-state index contributed by atoms with van der Waals surface area (Å²) in [5.41, 5.74) is 0.846. The lowest BCUT2D eigenvalue weighted by Crippen LogP contribution is -2.01. The molecule has 0 spiro atoms. The van der Waals surface area contributed by atoms with E-state index in [-0.39, 0.29) is 0 Å². The molecule has 0 aliphatic heterocycles. The number of esters is 1. The van der Waals surface area contributed by atoms with Crippen LogP contribution in [0.3, 0.4) is 0 Å². The second kappa shape index (κ2) is 8.89. The average Bonchev–Trinajstić information content (AvgIpc) is 2.27. The van der Waals surface area contributed by atoms with Gasteiger partial charge in [-0.05, 0) is 19.8 Å². The van der Waals surface area contributed by atoms with Crippen LogP contribution in [0.4, 0.5) is 0 Å². The van der Waals surface area contributed by atoms with Gasteiger partial charge in [-0.25, -0.2) is 4.79 Å². The predicted octanol–water partition coefficient (Wildman–Crippen LogP) is 3.16. The summed E-state index contributed by atoms with van der Waals surface area (Å²) >= 11 is 0. The Kier molecular flexibility index (Phi) is 8.12. The topological polar surface area (TPSA) is 43.4 Å². The minimum Gasteiger partial charge on any atom is -0.431 e. The second-order valence-electron chi connectivity index (χ2n) is 3.81. The molecule has 3 heteroatoms. The van der Waals surface area contributed by atoms with Gasteiger partial charge in [0.2, 0.25) is 0 Å². The molecular formula is C13H20O3. The van der Waals surface area contributed by atoms with Crippen molar-refractivity contribution in [1.82, 2.24) is 0 Å². The van der Waals surface area contributed by atoms with E-state index < -0.39 is 5.97 Å². The number of unbranched alkanes of at least 4 members (excludes halogenated alkanes) is 3. The Labute approximate surface area is 97.2 Å². The van der Waals surface area contributed by atoms with Crippen molar-refractivity contribution in [2.24, 2.45) is 0 Å². The number of rotatable bonds is 8. The second-order valence-corrected chi connectivity index (χ2v) is 3.81. The number of ether oxygens (including phenoxy) is 1. The molecule has 0 saturated heterocycles. The zero-order chi connectivity index (χ0) is 12.4. The summed E-state index contributed by atoms with van der Waals surface area (Å²) in [5.74, 6) is -0.493. The first-order valence-electron chi connectivity index (χ1n) is 5.62. The SMILES string of the molecule is C=C(C)C(=O)OC=C(C=O)CCCCCC. The largest absolute Gasteiger partial charge is 0.431 e. The molecule has 0 rings (SSSR count). The van der Waals surface area contributed by atoms with E-state index in [1.165, 1.54) is 6.26 Å². The monoisotopic (exact) mass is 224 g/mol. The third-order valence-electron chi connectivity index (χ3n) is 2.14. The van der Waals surface area contributed by atoms with Crippen LogP contribution in [-0.4, -0.2) is 12.3 Å². The molecule has 0 aromatic heterocycles. The van der Waals surface area contributed by atoms with Gasteiger partial charge in [0, 0.05) is 11.1 Å². The van der Waals surface area contributed by atoms with Crippen molar-refractivity contribution in [3.63, 3.8) is 0 Å². The van der Waals surface area contributed by atoms with Gasteiger partial charge in [0.25, 0.3) is 0 Å². The van der Waals surface area contributed by atoms with Crippen molar-refractivity contribution in [2.75, 3.05) is 0 Å². The van der Waals surface area contributed by atoms with Gasteiger partial charge < -0.3 is 4.74 Å². The Bertz CT molecular complexity index is 277. The first-order valence-corrected chi connectivity index (χ1v) is 5.62. The number of hydrogen-bond acceptors (Lipinski definition) is 3. The molecule has 90 valence electrons. The summed E-state index contributed by atoms with van der Waals surface area (Å²) in [6.45, 7) is 7.15. The number of hydrogen-bond donors (Lipinski definition) is 0. The van der Waals surface area contributed by atoms with Crippen LogP contribution in [0, 0.1) is 0 Å². The summed E-state index contributed by atoms with van der Waals surface area (Å²) in [5, 5.41) is 0. The Morgan fingerprint density at radius 1 is 1.31 bits per heavy atom. The van der Waals surface area contributed by atoms with Crippen molar-refractivity contribution in [3.8, 4) is 0 Å². The Morgan fingerprint density at radius 3 is 2.50 bits per heavy atom. The first-order chi connectivity index (χ1) is 7.61. The van der Waals surface area contributed by atoms with E-state index in [0.717, 1.165) is 32.0 Å². The van der Waals surface area contributed by atoms with E-state index in [9.17, 15) is 9.59 Å². The smallest absolute Gasteiger partial charge is 0.337 e. The molecule has 0 bridgehead atoms. The number of allylic oxidation sites excluding steroid dienone is 1. The molecule has 0 aliphatic rings. The highest BCUT2D eigenvalue weighted by Crippen LogP contribution is 2.09. The maximum Gasteiger partial charge on any atom is 0.337 e. The van der Waals surface area contributed by atoms with Crippen LogP contribution in [0.25, 0.3) is 0 Å². The standard InChI is InChI=1S/C13H20O3/c1-4-5-6-7-8-12(9-14)10-16-13(15)11(2)3/h9-10H,2,4-8H2,1,3H3. The highest BCUT2D eigenvalue weighted by molar-refractivity contribution is 5.87. The zero-order valence-corrected chi connectivity index (χ0v) is 10.1. The molecule has 0 amide bonds. The molecule has 0 heterocycles. The van der Waals surface area contributed by atoms with Crippen LogP contribution in [0.1, 0.15) is 46.0 Å². The molecule has 0 unspecified atom stereocenters. The van der Waals surface area contributed by atoms with Crippen molar-refractivity contribution in [2.45, 2.75) is 46.0 Å². The van der Waals surface area contributed by atoms with Crippen molar-refractivity contribution < 1.29 is 14.3 Å². The Balaban J connectivity index is 3.97. The van der Waals surface area contributed by atoms with Crippen molar-refractivity contribution in [1.29, 1.82) is 0 Å². The van der Waals surface area contributed by atoms with Crippen LogP contribution in [0.15, 0.2) is 24.0 Å². The Morgan fingerprint density at radius 2 is 2.00 bits per heavy atom. The fraction of sp³-hybridized carbons (Fsp3) is 0.538. The molecule has 0 fully saturated rings. The van der Waals surface area contributed by atoms with Crippen LogP contribution in [0.5, 0.6) is 0 Å². The van der Waals surface area contributed by atoms with E-state index in [4.69, 9.17) is 4.74 Å². The van der Waals surface area contributed by atoms with E-state index in [1.807, 2.05) is 0 Å². The maximum atomic E-state index is 11.1. The molecule has 16 heavy (non-hydrogen) atoms. The van der Waals surface area contributed by atoms with Crippen LogP contribution < -0.4 is 0 Å². The quantitative estimate of drug-likeness (QED) is 0.209. The highest BCUT2D eigenvalue weighted by atomic mass is 16.5. The van der Waals surface area contributed by atoms with Gasteiger partial charge in [-0.15, -0.1) is 0 Å². The van der Waals surface area contributed by atoms with E-state index in [0.29, 0.717) is 17.6 Å². The predicted molar refractivity (Wildman–Crippen MR) is 63.8 cm³/mol. The van der Waals surface area contributed by atoms with Crippen LogP contribution >= 0.6 is 0 Å². The lowest BCUT2D eigenvalue weighted by molar-refractivity contribution is -0.133. The molecule has 0 aromatic carbocycles. The summed E-state index contributed by atoms with van der Waals surface area (Å²) in [4.78, 5) is 21.7. The molecule has 0 aliphatic carbocycles. The molecule has 0 atom stereocenters. The van der Waals surface area contributed by atoms with Crippen molar-refractivity contribution in [3.05, 3.63) is 24.0 Å². The molecule has 0 radical (unpaired) electrons. The lowest BCUT2D eigenvalue weighted by atomic mass is 10.1. The third kappa shape index (κ3) is 6.98. The van der Waals surface area contributed by atoms with Gasteiger partial charge >= 0.3 is 5.97 Å². The van der Waals surface area contributed by atoms with Gasteiger partial charge in [0.15, 0.2) is 0 Å². The van der Waals surface area contributed by atoms with E-state index >= 15 is 0 Å². The minimum atomic E-state index is -0.493. The number of carbonyl (C=O) groups is 2. The lowest BCUT2D eigenvalue weighted by Gasteiger charge is -2.01. The third-order valence-corrected chi connectivity index (χ3v) is 2.14. The summed E-state index contributed by atoms with van der Waals surface area (Å²) in [6.07, 6.45) is 6.99. The zero-order valence-electron chi connectivity index (χ0n) is 10.1. The van der Waals surface area contributed by atoms with Gasteiger partial charge in [-0.1, -0.05) is 32.8 Å². The molecule has 0 N–H and O–H groups in total. The van der Waals surface area contributed by atoms with Gasteiger partial charge in [-0.2, -0.15) is 0 Å². The van der Waals surface area contributed by atoms with E-state index in [2.05, 4.69) is 13.5 Å². The summed E-state index contributed by atoms with van der Waals surface area (Å²) < 4.78 is 4.78. The normalized spacial score (nSPS) is 11.0.